The Morgan fingerprint density at radius 1 is 1.24 bits per heavy atom. The highest BCUT2D eigenvalue weighted by Gasteiger charge is 2.35. The fourth-order valence-corrected chi connectivity index (χ4v) is 4.77. The Bertz CT molecular complexity index is 1240. The number of ether oxygens (including phenoxy) is 1. The maximum absolute atomic E-state index is 12.7. The van der Waals surface area contributed by atoms with Crippen molar-refractivity contribution in [1.29, 1.82) is 5.26 Å². The molecule has 9 nitrogen and oxygen atoms in total. The molecular formula is C23H24N6O3S. The van der Waals surface area contributed by atoms with Crippen molar-refractivity contribution in [3.8, 4) is 6.07 Å². The van der Waals surface area contributed by atoms with Gasteiger partial charge in [-0.15, -0.1) is 5.10 Å². The first-order chi connectivity index (χ1) is 15.9. The molecule has 0 aliphatic heterocycles. The Morgan fingerprint density at radius 2 is 2.00 bits per heavy atom. The van der Waals surface area contributed by atoms with E-state index in [1.807, 2.05) is 32.0 Å². The maximum Gasteiger partial charge on any atom is 0.338 e. The van der Waals surface area contributed by atoms with Gasteiger partial charge in [0.25, 0.3) is 11.7 Å². The van der Waals surface area contributed by atoms with E-state index in [0.29, 0.717) is 35.1 Å². The van der Waals surface area contributed by atoms with Crippen LogP contribution in [0.15, 0.2) is 35.5 Å². The topological polar surface area (TPSA) is 122 Å². The molecule has 33 heavy (non-hydrogen) atoms. The van der Waals surface area contributed by atoms with E-state index >= 15 is 0 Å². The molecule has 170 valence electrons. The molecule has 2 aromatic heterocycles. The zero-order valence-electron chi connectivity index (χ0n) is 18.5. The summed E-state index contributed by atoms with van der Waals surface area (Å²) in [6.45, 7) is 3.42. The first kappa shape index (κ1) is 22.7. The van der Waals surface area contributed by atoms with Gasteiger partial charge in [-0.25, -0.2) is 14.3 Å². The maximum atomic E-state index is 12.7. The Morgan fingerprint density at radius 3 is 2.76 bits per heavy atom. The number of rotatable bonds is 7. The summed E-state index contributed by atoms with van der Waals surface area (Å²) in [5.41, 5.74) is 2.09. The summed E-state index contributed by atoms with van der Waals surface area (Å²) in [4.78, 5) is 33.8. The van der Waals surface area contributed by atoms with E-state index in [4.69, 9.17) is 4.74 Å². The third-order valence-corrected chi connectivity index (χ3v) is 6.46. The summed E-state index contributed by atoms with van der Waals surface area (Å²) >= 11 is 1.39. The van der Waals surface area contributed by atoms with Crippen molar-refractivity contribution < 1.29 is 14.3 Å². The van der Waals surface area contributed by atoms with Gasteiger partial charge in [-0.3, -0.25) is 4.79 Å². The van der Waals surface area contributed by atoms with E-state index in [-0.39, 0.29) is 0 Å². The van der Waals surface area contributed by atoms with E-state index in [2.05, 4.69) is 26.5 Å². The van der Waals surface area contributed by atoms with E-state index in [0.717, 1.165) is 29.8 Å². The number of nitrogens with one attached hydrogen (secondary N) is 1. The van der Waals surface area contributed by atoms with Crippen LogP contribution in [-0.4, -0.2) is 43.6 Å². The fourth-order valence-electron chi connectivity index (χ4n) is 3.95. The Kier molecular flexibility index (Phi) is 6.60. The van der Waals surface area contributed by atoms with E-state index in [1.165, 1.54) is 11.8 Å². The molecule has 3 aromatic rings. The van der Waals surface area contributed by atoms with Gasteiger partial charge in [0.1, 0.15) is 5.54 Å². The molecule has 1 aromatic carbocycles. The summed E-state index contributed by atoms with van der Waals surface area (Å²) in [6, 6.07) is 11.2. The number of hydrogen-bond acceptors (Lipinski definition) is 8. The van der Waals surface area contributed by atoms with Crippen LogP contribution in [-0.2, 0) is 15.3 Å². The summed E-state index contributed by atoms with van der Waals surface area (Å²) in [7, 11) is 0. The molecule has 0 spiro atoms. The molecule has 0 radical (unpaired) electrons. The smallest absolute Gasteiger partial charge is 0.338 e. The van der Waals surface area contributed by atoms with Gasteiger partial charge in [0.2, 0.25) is 5.16 Å². The first-order valence-electron chi connectivity index (χ1n) is 10.7. The van der Waals surface area contributed by atoms with Crippen LogP contribution in [0.25, 0.3) is 5.78 Å². The number of fused-ring (bicyclic) bond motifs is 1. The number of carbonyl (C=O) groups excluding carboxylic acids is 2. The third kappa shape index (κ3) is 5.14. The third-order valence-electron chi connectivity index (χ3n) is 5.58. The van der Waals surface area contributed by atoms with Crippen molar-refractivity contribution >= 4 is 29.4 Å². The molecule has 10 heteroatoms. The molecule has 0 unspecified atom stereocenters. The minimum Gasteiger partial charge on any atom is -0.452 e. The number of carbonyl (C=O) groups is 2. The Balaban J connectivity index is 1.39. The van der Waals surface area contributed by atoms with Crippen molar-refractivity contribution in [3.05, 3.63) is 52.8 Å². The quantitative estimate of drug-likeness (QED) is 0.418. The van der Waals surface area contributed by atoms with Gasteiger partial charge in [-0.1, -0.05) is 30.0 Å². The largest absolute Gasteiger partial charge is 0.452 e. The van der Waals surface area contributed by atoms with Crippen LogP contribution in [0.3, 0.4) is 0 Å². The van der Waals surface area contributed by atoms with Crippen LogP contribution in [0.1, 0.15) is 53.0 Å². The number of esters is 1. The van der Waals surface area contributed by atoms with Crippen molar-refractivity contribution in [2.45, 2.75) is 56.0 Å². The van der Waals surface area contributed by atoms with Gasteiger partial charge >= 0.3 is 5.97 Å². The molecule has 2 heterocycles. The molecule has 4 rings (SSSR count). The number of aryl methyl sites for hydroxylation is 2. The first-order valence-corrected chi connectivity index (χ1v) is 11.7. The molecule has 0 bridgehead atoms. The molecule has 1 aliphatic carbocycles. The van der Waals surface area contributed by atoms with Crippen LogP contribution in [0, 0.1) is 25.2 Å². The second kappa shape index (κ2) is 9.58. The minimum absolute atomic E-state index is 0.377. The summed E-state index contributed by atoms with van der Waals surface area (Å²) in [5.74, 6) is -0.0732. The lowest BCUT2D eigenvalue weighted by atomic mass is 10.00. The number of hydrogen-bond donors (Lipinski definition) is 1. The lowest BCUT2D eigenvalue weighted by Gasteiger charge is -2.21. The SMILES string of the molecule is Cc1cc(C)n2nc(SCc3ccccc3C(=O)OCC(=O)NC3(C#N)CCCC3)nc2n1. The van der Waals surface area contributed by atoms with Crippen LogP contribution < -0.4 is 5.32 Å². The lowest BCUT2D eigenvalue weighted by Crippen LogP contribution is -2.46. The zero-order chi connectivity index (χ0) is 23.4. The normalized spacial score (nSPS) is 14.7. The highest BCUT2D eigenvalue weighted by atomic mass is 32.2. The molecule has 1 N–H and O–H groups in total. The van der Waals surface area contributed by atoms with Crippen LogP contribution in [0.5, 0.6) is 0 Å². The molecule has 0 saturated heterocycles. The van der Waals surface area contributed by atoms with Gasteiger partial charge < -0.3 is 10.1 Å². The van der Waals surface area contributed by atoms with Gasteiger partial charge in [-0.2, -0.15) is 10.2 Å². The van der Waals surface area contributed by atoms with Crippen molar-refractivity contribution in [2.24, 2.45) is 0 Å². The number of nitrogens with zero attached hydrogens (tertiary/aromatic N) is 5. The minimum atomic E-state index is -0.842. The average molecular weight is 465 g/mol. The van der Waals surface area contributed by atoms with E-state index in [1.54, 1.807) is 16.6 Å². The van der Waals surface area contributed by atoms with E-state index < -0.39 is 24.0 Å². The molecule has 1 amide bonds. The van der Waals surface area contributed by atoms with Crippen LogP contribution in [0.4, 0.5) is 0 Å². The number of nitriles is 1. The molecular weight excluding hydrogens is 440 g/mol. The van der Waals surface area contributed by atoms with Gasteiger partial charge in [-0.05, 0) is 57.2 Å². The number of thioether (sulfide) groups is 1. The summed E-state index contributed by atoms with van der Waals surface area (Å²) in [6.07, 6.45) is 3.04. The number of amides is 1. The van der Waals surface area contributed by atoms with Crippen LogP contribution >= 0.6 is 11.8 Å². The highest BCUT2D eigenvalue weighted by Crippen LogP contribution is 2.29. The molecule has 1 fully saturated rings. The predicted molar refractivity (Wildman–Crippen MR) is 121 cm³/mol. The van der Waals surface area contributed by atoms with Crippen LogP contribution in [0.2, 0.25) is 0 Å². The standard InChI is InChI=1S/C23H24N6O3S/c1-15-11-16(2)29-21(25-15)26-22(28-29)33-13-17-7-3-4-8-18(17)20(31)32-12-19(30)27-23(14-24)9-5-6-10-23/h3-4,7-8,11H,5-6,9-10,12-13H2,1-2H3,(H,27,30). The Labute approximate surface area is 195 Å². The van der Waals surface area contributed by atoms with E-state index in [9.17, 15) is 14.9 Å². The summed E-state index contributed by atoms with van der Waals surface area (Å²) < 4.78 is 6.93. The monoisotopic (exact) mass is 464 g/mol. The second-order valence-electron chi connectivity index (χ2n) is 8.12. The fraction of sp³-hybridized carbons (Fsp3) is 0.391. The van der Waals surface area contributed by atoms with Crippen molar-refractivity contribution in [1.82, 2.24) is 24.9 Å². The van der Waals surface area contributed by atoms with Gasteiger partial charge in [0.05, 0.1) is 11.6 Å². The van der Waals surface area contributed by atoms with Gasteiger partial charge in [0.15, 0.2) is 6.61 Å². The second-order valence-corrected chi connectivity index (χ2v) is 9.06. The summed E-state index contributed by atoms with van der Waals surface area (Å²) in [5, 5.41) is 17.1. The van der Waals surface area contributed by atoms with Crippen molar-refractivity contribution in [2.75, 3.05) is 6.61 Å². The highest BCUT2D eigenvalue weighted by molar-refractivity contribution is 7.98. The average Bonchev–Trinajstić information content (AvgIpc) is 3.43. The molecule has 1 aliphatic rings. The zero-order valence-corrected chi connectivity index (χ0v) is 19.3. The lowest BCUT2D eigenvalue weighted by molar-refractivity contribution is -0.125. The number of benzene rings is 1. The molecule has 0 atom stereocenters. The Hall–Kier alpha value is -3.45. The molecule has 1 saturated carbocycles. The number of aromatic nitrogens is 4. The predicted octanol–water partition coefficient (Wildman–Crippen LogP) is 3.14. The van der Waals surface area contributed by atoms with Gasteiger partial charge in [0, 0.05) is 17.1 Å². The van der Waals surface area contributed by atoms with Crippen molar-refractivity contribution in [3.63, 3.8) is 0 Å².